The lowest BCUT2D eigenvalue weighted by molar-refractivity contribution is -0.121. The molecule has 0 heterocycles. The Balaban J connectivity index is 2.05. The number of aryl methyl sites for hydroxylation is 4. The van der Waals surface area contributed by atoms with Gasteiger partial charge in [-0.1, -0.05) is 42.0 Å². The molecule has 2 heteroatoms. The van der Waals surface area contributed by atoms with Gasteiger partial charge in [-0.05, 0) is 62.4 Å². The quantitative estimate of drug-likeness (QED) is 0.893. The van der Waals surface area contributed by atoms with Crippen molar-refractivity contribution >= 4 is 5.91 Å². The van der Waals surface area contributed by atoms with Gasteiger partial charge >= 0.3 is 0 Å². The van der Waals surface area contributed by atoms with Gasteiger partial charge in [-0.2, -0.15) is 0 Å². The summed E-state index contributed by atoms with van der Waals surface area (Å²) >= 11 is 0. The second-order valence-electron chi connectivity index (χ2n) is 6.24. The summed E-state index contributed by atoms with van der Waals surface area (Å²) in [5.74, 6) is 0.0664. The normalized spacial score (nSPS) is 12.0. The van der Waals surface area contributed by atoms with E-state index in [2.05, 4.69) is 63.3 Å². The van der Waals surface area contributed by atoms with Gasteiger partial charge < -0.3 is 5.32 Å². The molecule has 22 heavy (non-hydrogen) atoms. The fraction of sp³-hybridized carbons (Fsp3) is 0.350. The summed E-state index contributed by atoms with van der Waals surface area (Å²) < 4.78 is 0. The maximum Gasteiger partial charge on any atom is 0.224 e. The van der Waals surface area contributed by atoms with Crippen LogP contribution in [0, 0.1) is 27.7 Å². The van der Waals surface area contributed by atoms with Crippen molar-refractivity contribution < 1.29 is 4.79 Å². The molecule has 0 saturated carbocycles. The Labute approximate surface area is 133 Å². The molecule has 1 amide bonds. The molecule has 0 aliphatic carbocycles. The Hall–Kier alpha value is -2.09. The van der Waals surface area contributed by atoms with E-state index in [1.54, 1.807) is 0 Å². The Morgan fingerprint density at radius 1 is 0.955 bits per heavy atom. The van der Waals surface area contributed by atoms with Crippen LogP contribution in [0.4, 0.5) is 0 Å². The van der Waals surface area contributed by atoms with Crippen molar-refractivity contribution in [1.82, 2.24) is 5.32 Å². The third kappa shape index (κ3) is 3.97. The van der Waals surface area contributed by atoms with Crippen molar-refractivity contribution in [3.8, 4) is 0 Å². The topological polar surface area (TPSA) is 29.1 Å². The fourth-order valence-corrected chi connectivity index (χ4v) is 2.70. The van der Waals surface area contributed by atoms with Crippen LogP contribution in [0.5, 0.6) is 0 Å². The standard InChI is InChI=1S/C20H25NO/c1-13-6-7-15(3)19(10-13)17(5)21-20(22)12-18-9-8-14(2)16(4)11-18/h6-11,17H,12H2,1-5H3,(H,21,22)/t17-/m1/s1. The smallest absolute Gasteiger partial charge is 0.224 e. The van der Waals surface area contributed by atoms with Gasteiger partial charge in [0.2, 0.25) is 5.91 Å². The number of hydrogen-bond acceptors (Lipinski definition) is 1. The summed E-state index contributed by atoms with van der Waals surface area (Å²) in [5.41, 5.74) is 7.17. The average Bonchev–Trinajstić information content (AvgIpc) is 2.45. The van der Waals surface area contributed by atoms with E-state index >= 15 is 0 Å². The van der Waals surface area contributed by atoms with E-state index in [1.165, 1.54) is 27.8 Å². The monoisotopic (exact) mass is 295 g/mol. The lowest BCUT2D eigenvalue weighted by Crippen LogP contribution is -2.28. The number of carbonyl (C=O) groups excluding carboxylic acids is 1. The molecule has 2 aromatic rings. The van der Waals surface area contributed by atoms with Crippen LogP contribution in [0.25, 0.3) is 0 Å². The van der Waals surface area contributed by atoms with Crippen LogP contribution in [0.15, 0.2) is 36.4 Å². The summed E-state index contributed by atoms with van der Waals surface area (Å²) in [6.07, 6.45) is 0.427. The lowest BCUT2D eigenvalue weighted by Gasteiger charge is -2.17. The predicted octanol–water partition coefficient (Wildman–Crippen LogP) is 4.34. The summed E-state index contributed by atoms with van der Waals surface area (Å²) in [7, 11) is 0. The fourth-order valence-electron chi connectivity index (χ4n) is 2.70. The van der Waals surface area contributed by atoms with E-state index in [9.17, 15) is 4.79 Å². The highest BCUT2D eigenvalue weighted by atomic mass is 16.1. The maximum absolute atomic E-state index is 12.3. The van der Waals surface area contributed by atoms with Crippen LogP contribution < -0.4 is 5.32 Å². The Bertz CT molecular complexity index is 688. The number of rotatable bonds is 4. The molecule has 2 aromatic carbocycles. The van der Waals surface area contributed by atoms with Crippen LogP contribution in [0.1, 0.15) is 46.3 Å². The van der Waals surface area contributed by atoms with Crippen LogP contribution >= 0.6 is 0 Å². The van der Waals surface area contributed by atoms with Gasteiger partial charge in [0, 0.05) is 0 Å². The zero-order valence-electron chi connectivity index (χ0n) is 14.2. The third-order valence-corrected chi connectivity index (χ3v) is 4.21. The average molecular weight is 295 g/mol. The van der Waals surface area contributed by atoms with Gasteiger partial charge in [-0.3, -0.25) is 4.79 Å². The molecule has 0 saturated heterocycles. The molecule has 0 spiro atoms. The minimum atomic E-state index is 0.0268. The minimum Gasteiger partial charge on any atom is -0.349 e. The highest BCUT2D eigenvalue weighted by Crippen LogP contribution is 2.19. The van der Waals surface area contributed by atoms with Gasteiger partial charge in [-0.15, -0.1) is 0 Å². The number of carbonyl (C=O) groups is 1. The van der Waals surface area contributed by atoms with Gasteiger partial charge in [0.1, 0.15) is 0 Å². The van der Waals surface area contributed by atoms with E-state index in [0.29, 0.717) is 6.42 Å². The summed E-state index contributed by atoms with van der Waals surface area (Å²) in [6, 6.07) is 12.6. The first-order chi connectivity index (χ1) is 10.4. The summed E-state index contributed by atoms with van der Waals surface area (Å²) in [5, 5.41) is 3.11. The van der Waals surface area contributed by atoms with Gasteiger partial charge in [0.15, 0.2) is 0 Å². The van der Waals surface area contributed by atoms with Gasteiger partial charge in [0.05, 0.1) is 12.5 Å². The minimum absolute atomic E-state index is 0.0268. The Morgan fingerprint density at radius 2 is 1.64 bits per heavy atom. The molecule has 1 atom stereocenters. The molecule has 0 aliphatic heterocycles. The molecular weight excluding hydrogens is 270 g/mol. The zero-order chi connectivity index (χ0) is 16.3. The van der Waals surface area contributed by atoms with E-state index in [1.807, 2.05) is 13.0 Å². The third-order valence-electron chi connectivity index (χ3n) is 4.21. The first-order valence-electron chi connectivity index (χ1n) is 7.79. The van der Waals surface area contributed by atoms with E-state index in [4.69, 9.17) is 0 Å². The van der Waals surface area contributed by atoms with E-state index < -0.39 is 0 Å². The molecule has 0 fully saturated rings. The van der Waals surface area contributed by atoms with Gasteiger partial charge in [-0.25, -0.2) is 0 Å². The molecule has 0 unspecified atom stereocenters. The number of amides is 1. The molecule has 1 N–H and O–H groups in total. The summed E-state index contributed by atoms with van der Waals surface area (Å²) in [4.78, 5) is 12.3. The number of nitrogens with one attached hydrogen (secondary N) is 1. The van der Waals surface area contributed by atoms with E-state index in [0.717, 1.165) is 5.56 Å². The second-order valence-corrected chi connectivity index (χ2v) is 6.24. The SMILES string of the molecule is Cc1ccc(C)c([C@@H](C)NC(=O)Cc2ccc(C)c(C)c2)c1. The molecule has 116 valence electrons. The molecule has 2 rings (SSSR count). The van der Waals surface area contributed by atoms with Crippen molar-refractivity contribution in [1.29, 1.82) is 0 Å². The largest absolute Gasteiger partial charge is 0.349 e. The van der Waals surface area contributed by atoms with Crippen molar-refractivity contribution in [2.75, 3.05) is 0 Å². The molecule has 0 aromatic heterocycles. The first kappa shape index (κ1) is 16.3. The lowest BCUT2D eigenvalue weighted by atomic mass is 9.99. The maximum atomic E-state index is 12.3. The molecule has 0 bridgehead atoms. The van der Waals surface area contributed by atoms with Crippen molar-refractivity contribution in [3.63, 3.8) is 0 Å². The molecule has 0 radical (unpaired) electrons. The van der Waals surface area contributed by atoms with Crippen LogP contribution in [0.2, 0.25) is 0 Å². The van der Waals surface area contributed by atoms with Crippen molar-refractivity contribution in [2.24, 2.45) is 0 Å². The zero-order valence-corrected chi connectivity index (χ0v) is 14.2. The number of hydrogen-bond donors (Lipinski definition) is 1. The Kier molecular flexibility index (Phi) is 5.02. The highest BCUT2D eigenvalue weighted by molar-refractivity contribution is 5.79. The van der Waals surface area contributed by atoms with Gasteiger partial charge in [0.25, 0.3) is 0 Å². The van der Waals surface area contributed by atoms with E-state index in [-0.39, 0.29) is 11.9 Å². The molecule has 2 nitrogen and oxygen atoms in total. The molecule has 0 aliphatic rings. The number of benzene rings is 2. The van der Waals surface area contributed by atoms with Crippen LogP contribution in [-0.4, -0.2) is 5.91 Å². The Morgan fingerprint density at radius 3 is 2.32 bits per heavy atom. The van der Waals surface area contributed by atoms with Crippen molar-refractivity contribution in [3.05, 3.63) is 69.8 Å². The second kappa shape index (κ2) is 6.78. The van der Waals surface area contributed by atoms with Crippen molar-refractivity contribution in [2.45, 2.75) is 47.1 Å². The highest BCUT2D eigenvalue weighted by Gasteiger charge is 2.12. The first-order valence-corrected chi connectivity index (χ1v) is 7.79. The predicted molar refractivity (Wildman–Crippen MR) is 92.1 cm³/mol. The van der Waals surface area contributed by atoms with Crippen LogP contribution in [-0.2, 0) is 11.2 Å². The summed E-state index contributed by atoms with van der Waals surface area (Å²) in [6.45, 7) is 10.4. The molecular formula is C20H25NO. The van der Waals surface area contributed by atoms with Crippen LogP contribution in [0.3, 0.4) is 0 Å².